The zero-order chi connectivity index (χ0) is 23.9. The van der Waals surface area contributed by atoms with Gasteiger partial charge in [-0.2, -0.15) is 0 Å². The molecular formula is C18H32N6O7P+. The van der Waals surface area contributed by atoms with Gasteiger partial charge in [0.2, 0.25) is 0 Å². The molecule has 13 nitrogen and oxygen atoms in total. The number of rotatable bonds is 12. The Morgan fingerprint density at radius 3 is 2.88 bits per heavy atom. The molecule has 3 N–H and O–H groups in total. The molecule has 0 spiro atoms. The Morgan fingerprint density at radius 1 is 1.50 bits per heavy atom. The molecule has 1 aliphatic rings. The average Bonchev–Trinajstić information content (AvgIpc) is 3.12. The summed E-state index contributed by atoms with van der Waals surface area (Å²) in [7, 11) is -2.37. The van der Waals surface area contributed by atoms with E-state index in [-0.39, 0.29) is 19.6 Å². The van der Waals surface area contributed by atoms with Gasteiger partial charge in [0.05, 0.1) is 32.3 Å². The summed E-state index contributed by atoms with van der Waals surface area (Å²) in [4.78, 5) is 39.8. The predicted molar refractivity (Wildman–Crippen MR) is 115 cm³/mol. The molecule has 1 saturated heterocycles. The van der Waals surface area contributed by atoms with Crippen molar-refractivity contribution in [2.24, 2.45) is 11.0 Å². The Morgan fingerprint density at radius 2 is 2.22 bits per heavy atom. The fourth-order valence-corrected chi connectivity index (χ4v) is 4.14. The highest BCUT2D eigenvalue weighted by molar-refractivity contribution is 7.47. The number of phosphoric acid groups is 1. The number of H-pyrrole nitrogens is 1. The molecule has 0 radical (unpaired) electrons. The van der Waals surface area contributed by atoms with Crippen LogP contribution in [0.15, 0.2) is 20.9 Å². The molecule has 0 saturated carbocycles. The molecule has 2 rings (SSSR count). The van der Waals surface area contributed by atoms with E-state index in [1.807, 2.05) is 7.05 Å². The lowest BCUT2D eigenvalue weighted by Crippen LogP contribution is -3.10. The van der Waals surface area contributed by atoms with Gasteiger partial charge >= 0.3 is 13.5 Å². The minimum Gasteiger partial charge on any atom is -0.352 e. The van der Waals surface area contributed by atoms with Gasteiger partial charge in [0.25, 0.3) is 5.56 Å². The first-order valence-corrected chi connectivity index (χ1v) is 12.0. The van der Waals surface area contributed by atoms with Crippen molar-refractivity contribution in [2.75, 3.05) is 33.4 Å². The quantitative estimate of drug-likeness (QED) is 0.171. The second-order valence-corrected chi connectivity index (χ2v) is 9.59. The van der Waals surface area contributed by atoms with Crippen molar-refractivity contribution in [3.63, 3.8) is 0 Å². The molecule has 1 aromatic heterocycles. The zero-order valence-corrected chi connectivity index (χ0v) is 19.7. The fourth-order valence-electron chi connectivity index (χ4n) is 3.41. The van der Waals surface area contributed by atoms with Gasteiger partial charge in [0, 0.05) is 29.0 Å². The molecule has 2 heterocycles. The summed E-state index contributed by atoms with van der Waals surface area (Å²) in [5.74, 6) is 0.538. The van der Waals surface area contributed by atoms with Gasteiger partial charge in [-0.25, -0.2) is 9.36 Å². The fraction of sp³-hybridized carbons (Fsp3) is 0.778. The van der Waals surface area contributed by atoms with Crippen LogP contribution >= 0.6 is 7.82 Å². The molecule has 180 valence electrons. The number of ether oxygens (including phenoxy) is 1. The molecule has 6 unspecified atom stereocenters. The van der Waals surface area contributed by atoms with Gasteiger partial charge in [0.1, 0.15) is 19.4 Å². The molecule has 1 aromatic rings. The lowest BCUT2D eigenvalue weighted by atomic mass is 10.1. The van der Waals surface area contributed by atoms with Crippen molar-refractivity contribution in [2.45, 2.75) is 52.0 Å². The van der Waals surface area contributed by atoms with Crippen LogP contribution in [0.5, 0.6) is 0 Å². The van der Waals surface area contributed by atoms with Crippen LogP contribution in [0, 0.1) is 12.8 Å². The van der Waals surface area contributed by atoms with E-state index in [0.717, 1.165) is 13.0 Å². The topological polar surface area (TPSA) is 173 Å². The molecule has 0 bridgehead atoms. The van der Waals surface area contributed by atoms with Crippen LogP contribution in [0.1, 0.15) is 38.5 Å². The summed E-state index contributed by atoms with van der Waals surface area (Å²) in [6, 6.07) is -0.741. The maximum atomic E-state index is 12.2. The first-order valence-electron chi connectivity index (χ1n) is 10.5. The number of nitrogens with one attached hydrogen (secondary N) is 2. The van der Waals surface area contributed by atoms with Crippen molar-refractivity contribution in [3.8, 4) is 0 Å². The highest BCUT2D eigenvalue weighted by Gasteiger charge is 2.38. The van der Waals surface area contributed by atoms with Crippen LogP contribution in [0.4, 0.5) is 0 Å². The SMILES string of the molecule is CCC(C)C[NH+](C)CCOP(=O)(O)OCC1OC(n2cc(C)c(=O)[nH]c2=O)CC1N=[N+]=[N-]. The van der Waals surface area contributed by atoms with E-state index in [2.05, 4.69) is 28.9 Å². The van der Waals surface area contributed by atoms with E-state index >= 15 is 0 Å². The zero-order valence-electron chi connectivity index (χ0n) is 18.8. The molecule has 6 atom stereocenters. The first-order chi connectivity index (χ1) is 15.1. The Balaban J connectivity index is 1.95. The van der Waals surface area contributed by atoms with Crippen molar-refractivity contribution in [3.05, 3.63) is 43.0 Å². The number of hydrogen-bond donors (Lipinski definition) is 3. The van der Waals surface area contributed by atoms with Crippen molar-refractivity contribution in [1.29, 1.82) is 0 Å². The van der Waals surface area contributed by atoms with Crippen LogP contribution in [0.25, 0.3) is 10.4 Å². The third kappa shape index (κ3) is 7.56. The van der Waals surface area contributed by atoms with Gasteiger partial charge < -0.3 is 14.5 Å². The Hall–Kier alpha value is -1.98. The van der Waals surface area contributed by atoms with E-state index in [0.29, 0.717) is 18.0 Å². The number of nitrogens with zero attached hydrogens (tertiary/aromatic N) is 4. The lowest BCUT2D eigenvalue weighted by molar-refractivity contribution is -0.883. The summed E-state index contributed by atoms with van der Waals surface area (Å²) < 4.78 is 29.3. The Labute approximate surface area is 185 Å². The third-order valence-corrected chi connectivity index (χ3v) is 6.42. The first kappa shape index (κ1) is 26.3. The molecule has 32 heavy (non-hydrogen) atoms. The van der Waals surface area contributed by atoms with Gasteiger partial charge in [-0.15, -0.1) is 0 Å². The van der Waals surface area contributed by atoms with E-state index < -0.39 is 37.4 Å². The van der Waals surface area contributed by atoms with Crippen molar-refractivity contribution in [1.82, 2.24) is 9.55 Å². The van der Waals surface area contributed by atoms with E-state index in [1.54, 1.807) is 0 Å². The predicted octanol–water partition coefficient (Wildman–Crippen LogP) is 0.506. The van der Waals surface area contributed by atoms with E-state index in [4.69, 9.17) is 19.3 Å². The normalized spacial score (nSPS) is 24.5. The number of hydrogen-bond acceptors (Lipinski definition) is 7. The van der Waals surface area contributed by atoms with Crippen LogP contribution in [0.2, 0.25) is 0 Å². The second-order valence-electron chi connectivity index (χ2n) is 8.14. The van der Waals surface area contributed by atoms with E-state index in [1.165, 1.54) is 22.6 Å². The van der Waals surface area contributed by atoms with Gasteiger partial charge in [-0.05, 0) is 18.9 Å². The standard InChI is InChI=1S/C18H31N6O7P/c1-5-12(2)9-23(4)6-7-29-32(27,28)30-11-15-14(21-22-19)8-16(31-15)24-10-13(3)17(25)20-18(24)26/h10,12,14-16H,5-9,11H2,1-4H3,(H,27,28)(H,20,25,26)/p+1. The molecule has 0 amide bonds. The van der Waals surface area contributed by atoms with Crippen LogP contribution < -0.4 is 16.1 Å². The van der Waals surface area contributed by atoms with Gasteiger partial charge in [0.15, 0.2) is 0 Å². The summed E-state index contributed by atoms with van der Waals surface area (Å²) in [6.45, 7) is 6.91. The maximum Gasteiger partial charge on any atom is 0.472 e. The summed E-state index contributed by atoms with van der Waals surface area (Å²) in [5, 5.41) is 3.64. The minimum atomic E-state index is -4.35. The smallest absolute Gasteiger partial charge is 0.352 e. The maximum absolute atomic E-state index is 12.2. The molecule has 1 aliphatic heterocycles. The molecule has 14 heteroatoms. The molecule has 0 aliphatic carbocycles. The minimum absolute atomic E-state index is 0.0377. The Kier molecular flexibility index (Phi) is 9.65. The number of aryl methyl sites for hydroxylation is 1. The van der Waals surface area contributed by atoms with Crippen LogP contribution in [-0.4, -0.2) is 59.9 Å². The second kappa shape index (κ2) is 11.8. The van der Waals surface area contributed by atoms with Gasteiger partial charge in [-0.1, -0.05) is 19.0 Å². The summed E-state index contributed by atoms with van der Waals surface area (Å²) in [6.07, 6.45) is 0.820. The van der Waals surface area contributed by atoms with Crippen LogP contribution in [-0.2, 0) is 18.3 Å². The highest BCUT2D eigenvalue weighted by atomic mass is 31.2. The summed E-state index contributed by atoms with van der Waals surface area (Å²) >= 11 is 0. The summed E-state index contributed by atoms with van der Waals surface area (Å²) in [5.41, 5.74) is 7.95. The Bertz CT molecular complexity index is 975. The molecule has 0 aromatic carbocycles. The van der Waals surface area contributed by atoms with Crippen molar-refractivity contribution < 1.29 is 28.1 Å². The third-order valence-electron chi connectivity index (χ3n) is 5.44. The largest absolute Gasteiger partial charge is 0.472 e. The molecular weight excluding hydrogens is 443 g/mol. The lowest BCUT2D eigenvalue weighted by Gasteiger charge is -2.20. The average molecular weight is 475 g/mol. The highest BCUT2D eigenvalue weighted by Crippen LogP contribution is 2.44. The van der Waals surface area contributed by atoms with E-state index in [9.17, 15) is 19.0 Å². The number of azide groups is 1. The number of aromatic nitrogens is 2. The number of quaternary nitrogens is 1. The van der Waals surface area contributed by atoms with Gasteiger partial charge in [-0.3, -0.25) is 23.4 Å². The molecule has 1 fully saturated rings. The van der Waals surface area contributed by atoms with Crippen molar-refractivity contribution >= 4 is 7.82 Å². The van der Waals surface area contributed by atoms with Crippen LogP contribution in [0.3, 0.4) is 0 Å². The monoisotopic (exact) mass is 475 g/mol. The number of aromatic amines is 1. The number of likely N-dealkylation sites (N-methyl/N-ethyl adjacent to an activating group) is 1. The number of phosphoric ester groups is 1.